The summed E-state index contributed by atoms with van der Waals surface area (Å²) in [4.78, 5) is 12.5. The van der Waals surface area contributed by atoms with E-state index in [0.29, 0.717) is 13.0 Å². The number of carbonyl (C=O) groups excluding carboxylic acids is 1. The molecule has 5 nitrogen and oxygen atoms in total. The van der Waals surface area contributed by atoms with Gasteiger partial charge in [0.1, 0.15) is 0 Å². The summed E-state index contributed by atoms with van der Waals surface area (Å²) in [5, 5.41) is 2.95. The number of piperidine rings is 1. The molecule has 0 bridgehead atoms. The van der Waals surface area contributed by atoms with E-state index in [-0.39, 0.29) is 29.3 Å². The number of amides is 1. The Balaban J connectivity index is 2.09. The van der Waals surface area contributed by atoms with Crippen molar-refractivity contribution < 1.29 is 13.2 Å². The van der Waals surface area contributed by atoms with Crippen molar-refractivity contribution in [1.29, 1.82) is 0 Å². The summed E-state index contributed by atoms with van der Waals surface area (Å²) in [6, 6.07) is 8.52. The second-order valence-corrected chi connectivity index (χ2v) is 7.77. The van der Waals surface area contributed by atoms with Crippen molar-refractivity contribution in [2.24, 2.45) is 5.92 Å². The summed E-state index contributed by atoms with van der Waals surface area (Å²) in [5.74, 6) is -0.302. The highest BCUT2D eigenvalue weighted by atomic mass is 32.2. The predicted octanol–water partition coefficient (Wildman–Crippen LogP) is 2.00. The van der Waals surface area contributed by atoms with Crippen LogP contribution in [0.5, 0.6) is 0 Å². The van der Waals surface area contributed by atoms with Crippen LogP contribution in [0.25, 0.3) is 0 Å². The third-order valence-electron chi connectivity index (χ3n) is 4.14. The fourth-order valence-electron chi connectivity index (χ4n) is 2.58. The smallest absolute Gasteiger partial charge is 0.243 e. The number of sulfonamides is 1. The van der Waals surface area contributed by atoms with Crippen LogP contribution in [-0.4, -0.2) is 37.8 Å². The van der Waals surface area contributed by atoms with Crippen LogP contribution in [0.2, 0.25) is 0 Å². The molecule has 122 valence electrons. The van der Waals surface area contributed by atoms with Crippen LogP contribution in [-0.2, 0) is 14.8 Å². The third-order valence-corrected chi connectivity index (χ3v) is 6.02. The van der Waals surface area contributed by atoms with Gasteiger partial charge in [-0.25, -0.2) is 8.42 Å². The van der Waals surface area contributed by atoms with Crippen LogP contribution in [0, 0.1) is 5.92 Å². The molecular formula is C16H24N2O3S. The number of hydrogen-bond acceptors (Lipinski definition) is 3. The number of hydrogen-bond donors (Lipinski definition) is 1. The number of rotatable bonds is 5. The van der Waals surface area contributed by atoms with Gasteiger partial charge in [0.15, 0.2) is 0 Å². The lowest BCUT2D eigenvalue weighted by molar-refractivity contribution is -0.126. The van der Waals surface area contributed by atoms with Gasteiger partial charge in [-0.15, -0.1) is 0 Å². The second-order valence-electron chi connectivity index (χ2n) is 5.83. The molecule has 1 aromatic rings. The molecule has 0 radical (unpaired) electrons. The van der Waals surface area contributed by atoms with E-state index in [2.05, 4.69) is 5.32 Å². The van der Waals surface area contributed by atoms with Gasteiger partial charge in [-0.1, -0.05) is 25.1 Å². The highest BCUT2D eigenvalue weighted by molar-refractivity contribution is 7.89. The Hall–Kier alpha value is -1.40. The fourth-order valence-corrected chi connectivity index (χ4v) is 4.12. The van der Waals surface area contributed by atoms with E-state index >= 15 is 0 Å². The molecule has 0 saturated carbocycles. The summed E-state index contributed by atoms with van der Waals surface area (Å²) in [5.41, 5.74) is 0. The van der Waals surface area contributed by atoms with Crippen LogP contribution in [0.1, 0.15) is 33.1 Å². The maximum atomic E-state index is 12.6. The Labute approximate surface area is 132 Å². The molecule has 1 heterocycles. The first kappa shape index (κ1) is 17.0. The van der Waals surface area contributed by atoms with Gasteiger partial charge in [-0.2, -0.15) is 4.31 Å². The standard InChI is InChI=1S/C16H24N2O3S/c1-3-13(2)17-16(19)14-8-7-11-18(12-14)22(20,21)15-9-5-4-6-10-15/h4-6,9-10,13-14H,3,7-8,11-12H2,1-2H3,(H,17,19)/t13-,14-/m0/s1. The molecule has 0 aliphatic carbocycles. The number of benzene rings is 1. The zero-order valence-corrected chi connectivity index (χ0v) is 14.0. The average Bonchev–Trinajstić information content (AvgIpc) is 2.55. The van der Waals surface area contributed by atoms with Crippen LogP contribution < -0.4 is 5.32 Å². The molecule has 1 saturated heterocycles. The molecule has 0 aromatic heterocycles. The summed E-state index contributed by atoms with van der Waals surface area (Å²) in [7, 11) is -3.51. The molecule has 2 atom stereocenters. The van der Waals surface area contributed by atoms with E-state index < -0.39 is 10.0 Å². The molecule has 1 N–H and O–H groups in total. The maximum Gasteiger partial charge on any atom is 0.243 e. The zero-order valence-electron chi connectivity index (χ0n) is 13.2. The SMILES string of the molecule is CC[C@H](C)NC(=O)[C@H]1CCCN(S(=O)(=O)c2ccccc2)C1. The van der Waals surface area contributed by atoms with E-state index in [1.807, 2.05) is 13.8 Å². The lowest BCUT2D eigenvalue weighted by Crippen LogP contribution is -2.46. The molecule has 2 rings (SSSR count). The van der Waals surface area contributed by atoms with E-state index in [0.717, 1.165) is 12.8 Å². The fraction of sp³-hybridized carbons (Fsp3) is 0.562. The largest absolute Gasteiger partial charge is 0.353 e. The van der Waals surface area contributed by atoms with Gasteiger partial charge in [0.25, 0.3) is 0 Å². The van der Waals surface area contributed by atoms with Crippen LogP contribution >= 0.6 is 0 Å². The van der Waals surface area contributed by atoms with Gasteiger partial charge < -0.3 is 5.32 Å². The third kappa shape index (κ3) is 3.87. The first-order valence-corrected chi connectivity index (χ1v) is 9.24. The van der Waals surface area contributed by atoms with Crippen molar-refractivity contribution in [1.82, 2.24) is 9.62 Å². The predicted molar refractivity (Wildman–Crippen MR) is 85.8 cm³/mol. The lowest BCUT2D eigenvalue weighted by atomic mass is 9.98. The van der Waals surface area contributed by atoms with Gasteiger partial charge in [0.05, 0.1) is 10.8 Å². The number of carbonyl (C=O) groups is 1. The lowest BCUT2D eigenvalue weighted by Gasteiger charge is -2.31. The van der Waals surface area contributed by atoms with Crippen molar-refractivity contribution in [2.45, 2.75) is 44.0 Å². The van der Waals surface area contributed by atoms with Crippen molar-refractivity contribution in [2.75, 3.05) is 13.1 Å². The highest BCUT2D eigenvalue weighted by Crippen LogP contribution is 2.23. The molecule has 0 spiro atoms. The van der Waals surface area contributed by atoms with E-state index in [1.54, 1.807) is 30.3 Å². The zero-order chi connectivity index (χ0) is 16.2. The minimum atomic E-state index is -3.51. The highest BCUT2D eigenvalue weighted by Gasteiger charge is 2.33. The molecule has 0 unspecified atom stereocenters. The molecule has 1 fully saturated rings. The molecular weight excluding hydrogens is 300 g/mol. The summed E-state index contributed by atoms with van der Waals surface area (Å²) < 4.78 is 26.7. The van der Waals surface area contributed by atoms with Gasteiger partial charge in [0.2, 0.25) is 15.9 Å². The van der Waals surface area contributed by atoms with Gasteiger partial charge in [-0.3, -0.25) is 4.79 Å². The van der Waals surface area contributed by atoms with Crippen molar-refractivity contribution in [3.8, 4) is 0 Å². The van der Waals surface area contributed by atoms with Crippen molar-refractivity contribution in [3.63, 3.8) is 0 Å². The van der Waals surface area contributed by atoms with Gasteiger partial charge >= 0.3 is 0 Å². The normalized spacial score (nSPS) is 21.3. The Morgan fingerprint density at radius 3 is 2.68 bits per heavy atom. The molecule has 1 aliphatic rings. The first-order valence-electron chi connectivity index (χ1n) is 7.80. The van der Waals surface area contributed by atoms with E-state index in [1.165, 1.54) is 4.31 Å². The first-order chi connectivity index (χ1) is 10.4. The molecule has 1 amide bonds. The number of nitrogens with one attached hydrogen (secondary N) is 1. The molecule has 6 heteroatoms. The second kappa shape index (κ2) is 7.24. The Morgan fingerprint density at radius 2 is 2.05 bits per heavy atom. The maximum absolute atomic E-state index is 12.6. The summed E-state index contributed by atoms with van der Waals surface area (Å²) >= 11 is 0. The summed E-state index contributed by atoms with van der Waals surface area (Å²) in [6.07, 6.45) is 2.32. The summed E-state index contributed by atoms with van der Waals surface area (Å²) in [6.45, 7) is 4.71. The average molecular weight is 324 g/mol. The van der Waals surface area contributed by atoms with Crippen LogP contribution in [0.3, 0.4) is 0 Å². The Bertz CT molecular complexity index is 601. The van der Waals surface area contributed by atoms with Crippen molar-refractivity contribution in [3.05, 3.63) is 30.3 Å². The minimum absolute atomic E-state index is 0.0395. The Kier molecular flexibility index (Phi) is 5.58. The van der Waals surface area contributed by atoms with Crippen LogP contribution in [0.4, 0.5) is 0 Å². The van der Waals surface area contributed by atoms with E-state index in [4.69, 9.17) is 0 Å². The van der Waals surface area contributed by atoms with Gasteiger partial charge in [-0.05, 0) is 38.3 Å². The molecule has 22 heavy (non-hydrogen) atoms. The molecule has 1 aliphatic heterocycles. The Morgan fingerprint density at radius 1 is 1.36 bits per heavy atom. The van der Waals surface area contributed by atoms with Gasteiger partial charge in [0, 0.05) is 19.1 Å². The van der Waals surface area contributed by atoms with E-state index in [9.17, 15) is 13.2 Å². The number of nitrogens with zero attached hydrogens (tertiary/aromatic N) is 1. The topological polar surface area (TPSA) is 66.5 Å². The minimum Gasteiger partial charge on any atom is -0.353 e. The molecule has 1 aromatic carbocycles. The monoisotopic (exact) mass is 324 g/mol. The van der Waals surface area contributed by atoms with Crippen LogP contribution in [0.15, 0.2) is 35.2 Å². The van der Waals surface area contributed by atoms with Crippen molar-refractivity contribution >= 4 is 15.9 Å². The quantitative estimate of drug-likeness (QED) is 0.901.